The average molecular weight is 338 g/mol. The minimum absolute atomic E-state index is 0.685. The Kier molecular flexibility index (Phi) is 4.19. The van der Waals surface area contributed by atoms with E-state index in [0.29, 0.717) is 11.7 Å². The van der Waals surface area contributed by atoms with Crippen molar-refractivity contribution in [2.24, 2.45) is 0 Å². The number of anilines is 2. The van der Waals surface area contributed by atoms with Crippen LogP contribution >= 0.6 is 0 Å². The molecule has 0 atom stereocenters. The Morgan fingerprint density at radius 2 is 1.84 bits per heavy atom. The first-order valence-corrected chi connectivity index (χ1v) is 8.47. The van der Waals surface area contributed by atoms with E-state index in [9.17, 15) is 0 Å². The first-order valence-electron chi connectivity index (χ1n) is 8.47. The lowest BCUT2D eigenvalue weighted by atomic mass is 10.2. The molecule has 2 heterocycles. The van der Waals surface area contributed by atoms with Crippen molar-refractivity contribution in [3.05, 3.63) is 48.0 Å². The maximum atomic E-state index is 5.87. The quantitative estimate of drug-likeness (QED) is 0.738. The van der Waals surface area contributed by atoms with Gasteiger partial charge in [0.15, 0.2) is 5.58 Å². The number of oxazole rings is 1. The van der Waals surface area contributed by atoms with E-state index in [1.54, 1.807) is 7.11 Å². The summed E-state index contributed by atoms with van der Waals surface area (Å²) in [6.07, 6.45) is 0. The van der Waals surface area contributed by atoms with Crippen LogP contribution in [-0.2, 0) is 6.54 Å². The molecular weight excluding hydrogens is 316 g/mol. The third kappa shape index (κ3) is 3.39. The van der Waals surface area contributed by atoms with E-state index >= 15 is 0 Å². The molecule has 6 heteroatoms. The van der Waals surface area contributed by atoms with Gasteiger partial charge in [-0.2, -0.15) is 4.98 Å². The van der Waals surface area contributed by atoms with Crippen LogP contribution in [0, 0.1) is 0 Å². The van der Waals surface area contributed by atoms with Gasteiger partial charge in [0.25, 0.3) is 6.01 Å². The molecule has 1 fully saturated rings. The van der Waals surface area contributed by atoms with Crippen LogP contribution in [0.5, 0.6) is 5.75 Å². The summed E-state index contributed by atoms with van der Waals surface area (Å²) in [6, 6.07) is 14.5. The predicted molar refractivity (Wildman–Crippen MR) is 98.9 cm³/mol. The summed E-state index contributed by atoms with van der Waals surface area (Å²) in [4.78, 5) is 9.21. The zero-order chi connectivity index (χ0) is 17.2. The number of nitrogens with zero attached hydrogens (tertiary/aromatic N) is 3. The zero-order valence-electron chi connectivity index (χ0n) is 14.3. The highest BCUT2D eigenvalue weighted by atomic mass is 16.5. The molecule has 4 rings (SSSR count). The maximum Gasteiger partial charge on any atom is 0.298 e. The van der Waals surface area contributed by atoms with Crippen LogP contribution in [0.3, 0.4) is 0 Å². The van der Waals surface area contributed by atoms with Crippen LogP contribution in [0.2, 0.25) is 0 Å². The number of hydrogen-bond donors (Lipinski definition) is 1. The Morgan fingerprint density at radius 1 is 1.08 bits per heavy atom. The van der Waals surface area contributed by atoms with Crippen LogP contribution in [0.1, 0.15) is 5.56 Å². The lowest BCUT2D eigenvalue weighted by molar-refractivity contribution is 0.245. The Bertz CT molecular complexity index is 851. The molecule has 0 unspecified atom stereocenters. The topological polar surface area (TPSA) is 67.8 Å². The highest BCUT2D eigenvalue weighted by Crippen LogP contribution is 2.24. The number of fused-ring (bicyclic) bond motifs is 1. The number of rotatable bonds is 4. The summed E-state index contributed by atoms with van der Waals surface area (Å²) in [5.41, 5.74) is 9.41. The fourth-order valence-electron chi connectivity index (χ4n) is 3.15. The van der Waals surface area contributed by atoms with E-state index in [0.717, 1.165) is 49.6 Å². The Labute approximate surface area is 146 Å². The van der Waals surface area contributed by atoms with Gasteiger partial charge >= 0.3 is 0 Å². The third-order valence-corrected chi connectivity index (χ3v) is 4.61. The van der Waals surface area contributed by atoms with Crippen molar-refractivity contribution in [1.29, 1.82) is 0 Å². The van der Waals surface area contributed by atoms with Gasteiger partial charge in [0, 0.05) is 38.4 Å². The smallest absolute Gasteiger partial charge is 0.298 e. The molecule has 0 saturated carbocycles. The third-order valence-electron chi connectivity index (χ3n) is 4.61. The molecule has 1 aliphatic heterocycles. The van der Waals surface area contributed by atoms with Gasteiger partial charge in [-0.1, -0.05) is 12.1 Å². The van der Waals surface area contributed by atoms with Gasteiger partial charge in [-0.15, -0.1) is 0 Å². The molecule has 1 aliphatic rings. The highest BCUT2D eigenvalue weighted by Gasteiger charge is 2.21. The van der Waals surface area contributed by atoms with E-state index in [4.69, 9.17) is 14.9 Å². The maximum absolute atomic E-state index is 5.87. The zero-order valence-corrected chi connectivity index (χ0v) is 14.3. The molecule has 2 aromatic carbocycles. The standard InChI is InChI=1S/C19H22N4O2/c1-24-16-5-2-14(3-6-16)13-22-8-10-23(11-9-22)19-21-17-12-15(20)4-7-18(17)25-19/h2-7,12H,8-11,13,20H2,1H3. The van der Waals surface area contributed by atoms with Crippen LogP contribution in [0.4, 0.5) is 11.7 Å². The normalized spacial score (nSPS) is 15.6. The molecule has 2 N–H and O–H groups in total. The van der Waals surface area contributed by atoms with E-state index in [-0.39, 0.29) is 0 Å². The number of piperazine rings is 1. The molecule has 6 nitrogen and oxygen atoms in total. The number of nitrogens with two attached hydrogens (primary N) is 1. The first kappa shape index (κ1) is 15.8. The average Bonchev–Trinajstić information content (AvgIpc) is 3.06. The Balaban J connectivity index is 1.38. The van der Waals surface area contributed by atoms with Crippen molar-refractivity contribution in [3.63, 3.8) is 0 Å². The van der Waals surface area contributed by atoms with Gasteiger partial charge in [0.1, 0.15) is 11.3 Å². The van der Waals surface area contributed by atoms with Gasteiger partial charge < -0.3 is 19.8 Å². The molecule has 0 radical (unpaired) electrons. The lowest BCUT2D eigenvalue weighted by Gasteiger charge is -2.33. The van der Waals surface area contributed by atoms with Gasteiger partial charge in [0.2, 0.25) is 0 Å². The van der Waals surface area contributed by atoms with Gasteiger partial charge in [-0.05, 0) is 35.9 Å². The van der Waals surface area contributed by atoms with Crippen LogP contribution < -0.4 is 15.4 Å². The minimum atomic E-state index is 0.685. The highest BCUT2D eigenvalue weighted by molar-refractivity contribution is 5.78. The van der Waals surface area contributed by atoms with Crippen molar-refractivity contribution >= 4 is 22.8 Å². The molecular formula is C19H22N4O2. The predicted octanol–water partition coefficient (Wildman–Crippen LogP) is 2.74. The van der Waals surface area contributed by atoms with E-state index in [2.05, 4.69) is 26.9 Å². The summed E-state index contributed by atoms with van der Waals surface area (Å²) < 4.78 is 11.1. The summed E-state index contributed by atoms with van der Waals surface area (Å²) in [5, 5.41) is 0. The number of hydrogen-bond acceptors (Lipinski definition) is 6. The molecule has 3 aromatic rings. The molecule has 25 heavy (non-hydrogen) atoms. The lowest BCUT2D eigenvalue weighted by Crippen LogP contribution is -2.46. The monoisotopic (exact) mass is 338 g/mol. The fourth-order valence-corrected chi connectivity index (χ4v) is 3.15. The molecule has 0 spiro atoms. The van der Waals surface area contributed by atoms with Gasteiger partial charge in [-0.25, -0.2) is 0 Å². The SMILES string of the molecule is COc1ccc(CN2CCN(c3nc4cc(N)ccc4o3)CC2)cc1. The van der Waals surface area contributed by atoms with E-state index in [1.807, 2.05) is 30.3 Å². The van der Waals surface area contributed by atoms with Crippen LogP contribution in [-0.4, -0.2) is 43.2 Å². The van der Waals surface area contributed by atoms with Crippen LogP contribution in [0.15, 0.2) is 46.9 Å². The van der Waals surface area contributed by atoms with E-state index in [1.165, 1.54) is 5.56 Å². The summed E-state index contributed by atoms with van der Waals surface area (Å²) in [5.74, 6) is 0.894. The summed E-state index contributed by atoms with van der Waals surface area (Å²) in [7, 11) is 1.69. The molecule has 130 valence electrons. The van der Waals surface area contributed by atoms with Crippen molar-refractivity contribution in [2.45, 2.75) is 6.54 Å². The number of benzene rings is 2. The first-order chi connectivity index (χ1) is 12.2. The number of nitrogen functional groups attached to an aromatic ring is 1. The number of ether oxygens (including phenoxy) is 1. The molecule has 0 aliphatic carbocycles. The second kappa shape index (κ2) is 6.64. The molecule has 0 bridgehead atoms. The molecule has 0 amide bonds. The van der Waals surface area contributed by atoms with Crippen molar-refractivity contribution in [1.82, 2.24) is 9.88 Å². The van der Waals surface area contributed by atoms with Crippen LogP contribution in [0.25, 0.3) is 11.1 Å². The summed E-state index contributed by atoms with van der Waals surface area (Å²) >= 11 is 0. The van der Waals surface area contributed by atoms with Crippen molar-refractivity contribution in [3.8, 4) is 5.75 Å². The van der Waals surface area contributed by atoms with Crippen molar-refractivity contribution < 1.29 is 9.15 Å². The number of aromatic nitrogens is 1. The van der Waals surface area contributed by atoms with Gasteiger partial charge in [0.05, 0.1) is 7.11 Å². The Hall–Kier alpha value is -2.73. The minimum Gasteiger partial charge on any atom is -0.497 e. The Morgan fingerprint density at radius 3 is 2.56 bits per heavy atom. The molecule has 1 saturated heterocycles. The second-order valence-electron chi connectivity index (χ2n) is 6.33. The number of methoxy groups -OCH3 is 1. The van der Waals surface area contributed by atoms with Gasteiger partial charge in [-0.3, -0.25) is 4.90 Å². The fraction of sp³-hybridized carbons (Fsp3) is 0.316. The largest absolute Gasteiger partial charge is 0.497 e. The van der Waals surface area contributed by atoms with E-state index < -0.39 is 0 Å². The van der Waals surface area contributed by atoms with Crippen molar-refractivity contribution in [2.75, 3.05) is 43.9 Å². The second-order valence-corrected chi connectivity index (χ2v) is 6.33. The molecule has 1 aromatic heterocycles. The summed E-state index contributed by atoms with van der Waals surface area (Å²) in [6.45, 7) is 4.71.